The lowest BCUT2D eigenvalue weighted by Crippen LogP contribution is -2.27. The van der Waals surface area contributed by atoms with Crippen molar-refractivity contribution in [3.63, 3.8) is 0 Å². The lowest BCUT2D eigenvalue weighted by Gasteiger charge is -2.17. The summed E-state index contributed by atoms with van der Waals surface area (Å²) in [6.07, 6.45) is 1.42. The number of hydrogen-bond donors (Lipinski definition) is 3. The molecule has 0 aliphatic heterocycles. The Balaban J connectivity index is 0.00000193. The van der Waals surface area contributed by atoms with Gasteiger partial charge in [0.25, 0.3) is 0 Å². The number of carbonyl (C=O) groups is 1. The fraction of sp³-hybridized carbons (Fsp3) is 0.174. The molecule has 1 aliphatic rings. The van der Waals surface area contributed by atoms with Crippen LogP contribution in [0, 0.1) is 0 Å². The number of rotatable bonds is 6. The molecule has 3 N–H and O–H groups in total. The highest BCUT2D eigenvalue weighted by Gasteiger charge is 2.51. The molecule has 1 saturated carbocycles. The standard InChI is InChI=1S/C23H21ClN2O4S.2H2/c1-25-31(29,30)19-8-5-15(6-9-19)16-3-2-4-18(13-16)26-22(28)23(11-12-23)17-7-10-21(27)20(24)14-17;;/h2-10,13-14,25,27H,11-12H2,1H3,(H,26,28);2*1H. The number of anilines is 1. The Kier molecular flexibility index (Phi) is 5.51. The largest absolute Gasteiger partial charge is 0.506 e. The third kappa shape index (κ3) is 4.17. The number of carbonyl (C=O) groups excluding carboxylic acids is 1. The van der Waals surface area contributed by atoms with Crippen molar-refractivity contribution in [3.05, 3.63) is 77.3 Å². The van der Waals surface area contributed by atoms with E-state index in [9.17, 15) is 18.3 Å². The van der Waals surface area contributed by atoms with Gasteiger partial charge in [-0.25, -0.2) is 13.1 Å². The maximum absolute atomic E-state index is 13.0. The molecule has 31 heavy (non-hydrogen) atoms. The van der Waals surface area contributed by atoms with Crippen molar-refractivity contribution in [2.75, 3.05) is 12.4 Å². The molecule has 1 aliphatic carbocycles. The maximum Gasteiger partial charge on any atom is 0.240 e. The van der Waals surface area contributed by atoms with E-state index >= 15 is 0 Å². The summed E-state index contributed by atoms with van der Waals surface area (Å²) in [5, 5.41) is 12.9. The van der Waals surface area contributed by atoms with E-state index in [4.69, 9.17) is 11.6 Å². The van der Waals surface area contributed by atoms with E-state index in [0.717, 1.165) is 16.7 Å². The fourth-order valence-electron chi connectivity index (χ4n) is 3.55. The Morgan fingerprint density at radius 2 is 1.74 bits per heavy atom. The number of benzene rings is 3. The van der Waals surface area contributed by atoms with E-state index in [1.165, 1.54) is 13.1 Å². The highest BCUT2D eigenvalue weighted by molar-refractivity contribution is 7.89. The zero-order chi connectivity index (χ0) is 22.2. The molecule has 1 amide bonds. The fourth-order valence-corrected chi connectivity index (χ4v) is 4.46. The SMILES string of the molecule is CNS(=O)(=O)c1ccc(-c2cccc(NC(=O)C3(c4ccc(O)c(Cl)c4)CC3)c2)cc1.[HH].[HH]. The van der Waals surface area contributed by atoms with Gasteiger partial charge in [-0.05, 0) is 73.0 Å². The van der Waals surface area contributed by atoms with Gasteiger partial charge in [-0.1, -0.05) is 41.9 Å². The zero-order valence-electron chi connectivity index (χ0n) is 16.7. The van der Waals surface area contributed by atoms with Crippen LogP contribution < -0.4 is 10.0 Å². The molecule has 0 unspecified atom stereocenters. The van der Waals surface area contributed by atoms with Crippen LogP contribution in [-0.4, -0.2) is 26.5 Å². The van der Waals surface area contributed by atoms with Crippen molar-refractivity contribution < 1.29 is 21.2 Å². The number of aromatic hydroxyl groups is 1. The first-order chi connectivity index (χ1) is 14.7. The zero-order valence-corrected chi connectivity index (χ0v) is 18.3. The summed E-state index contributed by atoms with van der Waals surface area (Å²) in [5.74, 6) is -0.135. The molecule has 0 atom stereocenters. The minimum absolute atomic E-state index is 0. The maximum atomic E-state index is 13.0. The van der Waals surface area contributed by atoms with Crippen LogP contribution in [0.2, 0.25) is 5.02 Å². The van der Waals surface area contributed by atoms with Crippen LogP contribution in [0.1, 0.15) is 21.3 Å². The predicted octanol–water partition coefficient (Wildman–Crippen LogP) is 4.78. The smallest absolute Gasteiger partial charge is 0.240 e. The predicted molar refractivity (Wildman–Crippen MR) is 125 cm³/mol. The third-order valence-electron chi connectivity index (χ3n) is 5.57. The summed E-state index contributed by atoms with van der Waals surface area (Å²) >= 11 is 6.03. The summed E-state index contributed by atoms with van der Waals surface area (Å²) in [4.78, 5) is 13.2. The average molecular weight is 461 g/mol. The first kappa shape index (κ1) is 21.4. The first-order valence-corrected chi connectivity index (χ1v) is 11.6. The van der Waals surface area contributed by atoms with Crippen molar-refractivity contribution in [1.29, 1.82) is 0 Å². The second kappa shape index (κ2) is 8.00. The molecule has 0 radical (unpaired) electrons. The van der Waals surface area contributed by atoms with Crippen LogP contribution in [0.3, 0.4) is 0 Å². The molecule has 3 aromatic rings. The number of sulfonamides is 1. The van der Waals surface area contributed by atoms with Gasteiger partial charge < -0.3 is 10.4 Å². The Hall–Kier alpha value is -2.87. The second-order valence-corrected chi connectivity index (χ2v) is 9.81. The van der Waals surface area contributed by atoms with Gasteiger partial charge in [0.1, 0.15) is 5.75 Å². The number of phenolic OH excluding ortho intramolecular Hbond substituents is 1. The molecule has 0 bridgehead atoms. The summed E-state index contributed by atoms with van der Waals surface area (Å²) < 4.78 is 26.1. The molecular formula is C23H25ClN2O4S. The molecule has 8 heteroatoms. The Labute approximate surface area is 188 Å². The van der Waals surface area contributed by atoms with Crippen LogP contribution in [0.25, 0.3) is 11.1 Å². The number of hydrogen-bond acceptors (Lipinski definition) is 4. The lowest BCUT2D eigenvalue weighted by atomic mass is 9.94. The molecule has 3 aromatic carbocycles. The van der Waals surface area contributed by atoms with Crippen LogP contribution in [0.4, 0.5) is 5.69 Å². The number of phenols is 1. The molecule has 4 rings (SSSR count). The lowest BCUT2D eigenvalue weighted by molar-refractivity contribution is -0.118. The molecule has 0 aromatic heterocycles. The Bertz CT molecular complexity index is 1260. The van der Waals surface area contributed by atoms with Gasteiger partial charge in [0.2, 0.25) is 15.9 Å². The van der Waals surface area contributed by atoms with Gasteiger partial charge in [0, 0.05) is 8.54 Å². The minimum Gasteiger partial charge on any atom is -0.506 e. The number of amides is 1. The van der Waals surface area contributed by atoms with Gasteiger partial charge in [0.05, 0.1) is 15.3 Å². The topological polar surface area (TPSA) is 95.5 Å². The van der Waals surface area contributed by atoms with E-state index in [1.54, 1.807) is 42.5 Å². The van der Waals surface area contributed by atoms with Gasteiger partial charge in [-0.2, -0.15) is 0 Å². The molecule has 6 nitrogen and oxygen atoms in total. The molecule has 0 heterocycles. The van der Waals surface area contributed by atoms with Gasteiger partial charge in [-0.3, -0.25) is 4.79 Å². The van der Waals surface area contributed by atoms with E-state index in [0.29, 0.717) is 18.5 Å². The highest BCUT2D eigenvalue weighted by Crippen LogP contribution is 2.50. The normalized spacial score (nSPS) is 14.8. The molecule has 0 saturated heterocycles. The summed E-state index contributed by atoms with van der Waals surface area (Å²) in [6.45, 7) is 0. The van der Waals surface area contributed by atoms with Gasteiger partial charge >= 0.3 is 0 Å². The van der Waals surface area contributed by atoms with Gasteiger partial charge in [0.15, 0.2) is 0 Å². The van der Waals surface area contributed by atoms with Crippen LogP contribution >= 0.6 is 11.6 Å². The monoisotopic (exact) mass is 460 g/mol. The van der Waals surface area contributed by atoms with E-state index < -0.39 is 15.4 Å². The second-order valence-electron chi connectivity index (χ2n) is 7.52. The summed E-state index contributed by atoms with van der Waals surface area (Å²) in [6, 6.07) is 18.8. The molecule has 164 valence electrons. The highest BCUT2D eigenvalue weighted by atomic mass is 35.5. The van der Waals surface area contributed by atoms with E-state index in [1.807, 2.05) is 18.2 Å². The third-order valence-corrected chi connectivity index (χ3v) is 7.30. The van der Waals surface area contributed by atoms with Crippen LogP contribution in [-0.2, 0) is 20.2 Å². The summed E-state index contributed by atoms with van der Waals surface area (Å²) in [7, 11) is -2.13. The van der Waals surface area contributed by atoms with Crippen LogP contribution in [0.5, 0.6) is 5.75 Å². The van der Waals surface area contributed by atoms with E-state index in [-0.39, 0.29) is 24.4 Å². The molecule has 0 spiro atoms. The number of halogens is 1. The summed E-state index contributed by atoms with van der Waals surface area (Å²) in [5.41, 5.74) is 2.47. The Morgan fingerprint density at radius 1 is 1.03 bits per heavy atom. The average Bonchev–Trinajstić information content (AvgIpc) is 3.58. The van der Waals surface area contributed by atoms with Crippen molar-refractivity contribution in [2.24, 2.45) is 0 Å². The van der Waals surface area contributed by atoms with E-state index in [2.05, 4.69) is 10.0 Å². The minimum atomic E-state index is -3.49. The van der Waals surface area contributed by atoms with Crippen LogP contribution in [0.15, 0.2) is 71.6 Å². The number of nitrogens with one attached hydrogen (secondary N) is 2. The molecule has 1 fully saturated rings. The van der Waals surface area contributed by atoms with Crippen molar-refractivity contribution in [1.82, 2.24) is 4.72 Å². The van der Waals surface area contributed by atoms with Gasteiger partial charge in [-0.15, -0.1) is 0 Å². The Morgan fingerprint density at radius 3 is 2.35 bits per heavy atom. The van der Waals surface area contributed by atoms with Crippen molar-refractivity contribution in [2.45, 2.75) is 23.2 Å². The van der Waals surface area contributed by atoms with Crippen molar-refractivity contribution in [3.8, 4) is 16.9 Å². The molecular weight excluding hydrogens is 436 g/mol. The quantitative estimate of drug-likeness (QED) is 0.493. The first-order valence-electron chi connectivity index (χ1n) is 9.70. The van der Waals surface area contributed by atoms with Crippen molar-refractivity contribution >= 4 is 33.2 Å².